The van der Waals surface area contributed by atoms with Gasteiger partial charge in [0.1, 0.15) is 23.8 Å². The standard InChI is InChI=1S/C26H31ClN2O3S/c1-6-7-10-29-25(30)22(28-26(29)33)13-18-8-9-23(31-5)19(12-18)15-32-24-11-17(4)21(27)14-20(24)16(2)3/h8-9,11-14,16H,6-7,10,15H2,1-5H3,(H,28,33)/b22-13+. The van der Waals surface area contributed by atoms with Crippen molar-refractivity contribution in [3.05, 3.63) is 63.3 Å². The number of amides is 1. The Morgan fingerprint density at radius 2 is 1.97 bits per heavy atom. The Bertz CT molecular complexity index is 1080. The van der Waals surface area contributed by atoms with E-state index in [9.17, 15) is 4.79 Å². The van der Waals surface area contributed by atoms with Gasteiger partial charge in [0.15, 0.2) is 5.11 Å². The van der Waals surface area contributed by atoms with Gasteiger partial charge in [0.05, 0.1) is 7.11 Å². The van der Waals surface area contributed by atoms with Gasteiger partial charge in [-0.2, -0.15) is 0 Å². The molecule has 0 aromatic heterocycles. The number of unbranched alkanes of at least 4 members (excludes halogenated alkanes) is 1. The Hall–Kier alpha value is -2.57. The number of carbonyl (C=O) groups excluding carboxylic acids is 1. The molecule has 0 atom stereocenters. The molecule has 33 heavy (non-hydrogen) atoms. The molecule has 176 valence electrons. The molecule has 3 rings (SSSR count). The molecule has 1 N–H and O–H groups in total. The lowest BCUT2D eigenvalue weighted by Gasteiger charge is -2.17. The number of nitrogens with one attached hydrogen (secondary N) is 1. The summed E-state index contributed by atoms with van der Waals surface area (Å²) in [5, 5.41) is 4.23. The molecule has 2 aromatic rings. The average Bonchev–Trinajstić information content (AvgIpc) is 3.04. The third kappa shape index (κ3) is 5.87. The fourth-order valence-electron chi connectivity index (χ4n) is 3.66. The molecule has 1 aliphatic heterocycles. The van der Waals surface area contributed by atoms with Crippen LogP contribution in [0.4, 0.5) is 0 Å². The second kappa shape index (κ2) is 11.0. The van der Waals surface area contributed by atoms with E-state index >= 15 is 0 Å². The van der Waals surface area contributed by atoms with E-state index in [1.54, 1.807) is 12.0 Å². The van der Waals surface area contributed by atoms with E-state index in [1.807, 2.05) is 43.3 Å². The molecule has 0 aliphatic carbocycles. The minimum atomic E-state index is -0.0970. The summed E-state index contributed by atoms with van der Waals surface area (Å²) in [6, 6.07) is 9.71. The first-order valence-corrected chi connectivity index (χ1v) is 12.0. The lowest BCUT2D eigenvalue weighted by molar-refractivity contribution is -0.122. The maximum absolute atomic E-state index is 12.8. The van der Waals surface area contributed by atoms with Crippen LogP contribution < -0.4 is 14.8 Å². The number of ether oxygens (including phenoxy) is 2. The number of nitrogens with zero attached hydrogens (tertiary/aromatic N) is 1. The van der Waals surface area contributed by atoms with Gasteiger partial charge in [-0.1, -0.05) is 44.9 Å². The number of hydrogen-bond acceptors (Lipinski definition) is 4. The molecule has 1 fully saturated rings. The highest BCUT2D eigenvalue weighted by atomic mass is 35.5. The summed E-state index contributed by atoms with van der Waals surface area (Å²) < 4.78 is 11.8. The fourth-order valence-corrected chi connectivity index (χ4v) is 4.12. The van der Waals surface area contributed by atoms with Gasteiger partial charge in [-0.3, -0.25) is 9.69 Å². The van der Waals surface area contributed by atoms with Crippen LogP contribution in [0.2, 0.25) is 5.02 Å². The molecule has 7 heteroatoms. The van der Waals surface area contributed by atoms with Crippen molar-refractivity contribution in [2.24, 2.45) is 0 Å². The number of hydrogen-bond donors (Lipinski definition) is 1. The lowest BCUT2D eigenvalue weighted by Crippen LogP contribution is -2.31. The Balaban J connectivity index is 1.84. The van der Waals surface area contributed by atoms with Crippen LogP contribution >= 0.6 is 23.8 Å². The molecule has 5 nitrogen and oxygen atoms in total. The highest BCUT2D eigenvalue weighted by molar-refractivity contribution is 7.80. The lowest BCUT2D eigenvalue weighted by atomic mass is 10.0. The zero-order chi connectivity index (χ0) is 24.1. The van der Waals surface area contributed by atoms with Crippen molar-refractivity contribution in [3.63, 3.8) is 0 Å². The summed E-state index contributed by atoms with van der Waals surface area (Å²) >= 11 is 11.7. The zero-order valence-electron chi connectivity index (χ0n) is 19.8. The van der Waals surface area contributed by atoms with Gasteiger partial charge in [-0.05, 0) is 78.5 Å². The van der Waals surface area contributed by atoms with Crippen LogP contribution in [0.25, 0.3) is 6.08 Å². The number of thiocarbonyl (C=S) groups is 1. The molecule has 2 aromatic carbocycles. The van der Waals surface area contributed by atoms with E-state index in [0.29, 0.717) is 24.0 Å². The van der Waals surface area contributed by atoms with Crippen molar-refractivity contribution in [1.82, 2.24) is 10.2 Å². The normalized spacial score (nSPS) is 14.9. The molecule has 0 unspecified atom stereocenters. The minimum absolute atomic E-state index is 0.0970. The van der Waals surface area contributed by atoms with Gasteiger partial charge in [0.2, 0.25) is 0 Å². The first-order chi connectivity index (χ1) is 15.7. The van der Waals surface area contributed by atoms with Gasteiger partial charge in [0, 0.05) is 17.1 Å². The van der Waals surface area contributed by atoms with Crippen molar-refractivity contribution in [2.45, 2.75) is 53.1 Å². The Kier molecular flexibility index (Phi) is 8.38. The maximum Gasteiger partial charge on any atom is 0.276 e. The van der Waals surface area contributed by atoms with Crippen molar-refractivity contribution in [2.75, 3.05) is 13.7 Å². The maximum atomic E-state index is 12.8. The molecule has 1 amide bonds. The Labute approximate surface area is 206 Å². The number of halogens is 1. The molecular weight excluding hydrogens is 456 g/mol. The second-order valence-electron chi connectivity index (χ2n) is 8.45. The molecular formula is C26H31ClN2O3S. The zero-order valence-corrected chi connectivity index (χ0v) is 21.4. The van der Waals surface area contributed by atoms with Crippen LogP contribution in [0.3, 0.4) is 0 Å². The van der Waals surface area contributed by atoms with Crippen LogP contribution in [-0.2, 0) is 11.4 Å². The number of methoxy groups -OCH3 is 1. The third-order valence-electron chi connectivity index (χ3n) is 5.61. The van der Waals surface area contributed by atoms with E-state index in [-0.39, 0.29) is 11.8 Å². The third-order valence-corrected chi connectivity index (χ3v) is 6.34. The SMILES string of the molecule is CCCCN1C(=O)/C(=C\c2ccc(OC)c(COc3cc(C)c(Cl)cc3C(C)C)c2)NC1=S. The summed E-state index contributed by atoms with van der Waals surface area (Å²) in [6.45, 7) is 9.22. The fraction of sp³-hybridized carbons (Fsp3) is 0.385. The van der Waals surface area contributed by atoms with Crippen molar-refractivity contribution in [3.8, 4) is 11.5 Å². The summed E-state index contributed by atoms with van der Waals surface area (Å²) in [6.07, 6.45) is 3.72. The number of rotatable bonds is 9. The van der Waals surface area contributed by atoms with E-state index < -0.39 is 0 Å². The van der Waals surface area contributed by atoms with Crippen LogP contribution in [0.15, 0.2) is 36.0 Å². The van der Waals surface area contributed by atoms with Crippen molar-refractivity contribution in [1.29, 1.82) is 0 Å². The summed E-state index contributed by atoms with van der Waals surface area (Å²) in [4.78, 5) is 14.4. The largest absolute Gasteiger partial charge is 0.496 e. The number of carbonyl (C=O) groups is 1. The summed E-state index contributed by atoms with van der Waals surface area (Å²) in [5.41, 5.74) is 4.25. The Morgan fingerprint density at radius 1 is 1.21 bits per heavy atom. The highest BCUT2D eigenvalue weighted by Crippen LogP contribution is 2.33. The van der Waals surface area contributed by atoms with Crippen LogP contribution in [0.5, 0.6) is 11.5 Å². The van der Waals surface area contributed by atoms with Gasteiger partial charge >= 0.3 is 0 Å². The predicted octanol–water partition coefficient (Wildman–Crippen LogP) is 6.22. The summed E-state index contributed by atoms with van der Waals surface area (Å²) in [5.74, 6) is 1.71. The molecule has 0 radical (unpaired) electrons. The molecule has 0 bridgehead atoms. The van der Waals surface area contributed by atoms with Gasteiger partial charge in [-0.25, -0.2) is 0 Å². The first kappa shape index (κ1) is 25.1. The topological polar surface area (TPSA) is 50.8 Å². The van der Waals surface area contributed by atoms with E-state index in [2.05, 4.69) is 26.1 Å². The van der Waals surface area contributed by atoms with E-state index in [1.165, 1.54) is 0 Å². The van der Waals surface area contributed by atoms with Gasteiger partial charge in [-0.15, -0.1) is 0 Å². The highest BCUT2D eigenvalue weighted by Gasteiger charge is 2.29. The smallest absolute Gasteiger partial charge is 0.276 e. The predicted molar refractivity (Wildman–Crippen MR) is 138 cm³/mol. The van der Waals surface area contributed by atoms with Gasteiger partial charge in [0.25, 0.3) is 5.91 Å². The average molecular weight is 487 g/mol. The number of aryl methyl sites for hydroxylation is 1. The molecule has 1 heterocycles. The second-order valence-corrected chi connectivity index (χ2v) is 9.25. The summed E-state index contributed by atoms with van der Waals surface area (Å²) in [7, 11) is 1.63. The van der Waals surface area contributed by atoms with Crippen molar-refractivity contribution < 1.29 is 14.3 Å². The quantitative estimate of drug-likeness (QED) is 0.337. The number of benzene rings is 2. The first-order valence-electron chi connectivity index (χ1n) is 11.2. The minimum Gasteiger partial charge on any atom is -0.496 e. The Morgan fingerprint density at radius 3 is 2.64 bits per heavy atom. The van der Waals surface area contributed by atoms with Crippen LogP contribution in [-0.4, -0.2) is 29.6 Å². The van der Waals surface area contributed by atoms with Gasteiger partial charge < -0.3 is 14.8 Å². The molecule has 1 saturated heterocycles. The molecule has 1 aliphatic rings. The molecule has 0 saturated carbocycles. The van der Waals surface area contributed by atoms with Crippen LogP contribution in [0.1, 0.15) is 61.8 Å². The van der Waals surface area contributed by atoms with E-state index in [0.717, 1.165) is 51.6 Å². The van der Waals surface area contributed by atoms with Crippen molar-refractivity contribution >= 4 is 40.9 Å². The monoisotopic (exact) mass is 486 g/mol. The van der Waals surface area contributed by atoms with Crippen LogP contribution in [0, 0.1) is 6.92 Å². The molecule has 0 spiro atoms. The van der Waals surface area contributed by atoms with E-state index in [4.69, 9.17) is 33.3 Å².